The molecule has 1 fully saturated rings. The second kappa shape index (κ2) is 6.38. The van der Waals surface area contributed by atoms with Crippen LogP contribution in [0.2, 0.25) is 0 Å². The predicted octanol–water partition coefficient (Wildman–Crippen LogP) is 4.97. The molecule has 2 heteroatoms. The molecule has 98 valence electrons. The van der Waals surface area contributed by atoms with Gasteiger partial charge in [0.1, 0.15) is 0 Å². The van der Waals surface area contributed by atoms with Crippen molar-refractivity contribution in [3.05, 3.63) is 35.4 Å². The molecule has 1 saturated carbocycles. The number of rotatable bonds is 0. The Labute approximate surface area is 119 Å². The fourth-order valence-electron chi connectivity index (χ4n) is 3.20. The fraction of sp³-hybridized carbons (Fsp3) is 0.625. The number of benzene rings is 1. The van der Waals surface area contributed by atoms with Gasteiger partial charge in [0.25, 0.3) is 0 Å². The van der Waals surface area contributed by atoms with Gasteiger partial charge in [0.2, 0.25) is 0 Å². The first-order chi connectivity index (χ1) is 8.90. The Hall–Kier alpha value is -0.0800. The highest BCUT2D eigenvalue weighted by molar-refractivity contribution is 7.98. The van der Waals surface area contributed by atoms with E-state index < -0.39 is 0 Å². The summed E-state index contributed by atoms with van der Waals surface area (Å²) in [6, 6.07) is 9.23. The van der Waals surface area contributed by atoms with Crippen molar-refractivity contribution in [2.45, 2.75) is 37.2 Å². The van der Waals surface area contributed by atoms with Crippen LogP contribution in [-0.2, 0) is 11.5 Å². The second-order valence-electron chi connectivity index (χ2n) is 5.75. The molecule has 0 amide bonds. The number of fused-ring (bicyclic) bond motifs is 4. The predicted molar refractivity (Wildman–Crippen MR) is 84.2 cm³/mol. The first-order valence-electron chi connectivity index (χ1n) is 7.13. The maximum Gasteiger partial charge on any atom is 0.0184 e. The van der Waals surface area contributed by atoms with Crippen molar-refractivity contribution in [1.82, 2.24) is 0 Å². The van der Waals surface area contributed by atoms with Crippen LogP contribution in [0.25, 0.3) is 0 Å². The van der Waals surface area contributed by atoms with Crippen LogP contribution in [0.5, 0.6) is 0 Å². The molecule has 1 aromatic carbocycles. The van der Waals surface area contributed by atoms with Crippen LogP contribution < -0.4 is 0 Å². The van der Waals surface area contributed by atoms with Gasteiger partial charge in [-0.2, -0.15) is 23.5 Å². The van der Waals surface area contributed by atoms with E-state index in [1.807, 2.05) is 0 Å². The van der Waals surface area contributed by atoms with Crippen LogP contribution in [0.1, 0.15) is 36.8 Å². The van der Waals surface area contributed by atoms with Crippen LogP contribution in [-0.4, -0.2) is 11.5 Å². The Kier molecular flexibility index (Phi) is 4.58. The van der Waals surface area contributed by atoms with E-state index in [1.54, 1.807) is 0 Å². The Morgan fingerprint density at radius 3 is 2.11 bits per heavy atom. The zero-order valence-electron chi connectivity index (χ0n) is 10.9. The highest BCUT2D eigenvalue weighted by Gasteiger charge is 2.22. The minimum atomic E-state index is 0.997. The lowest BCUT2D eigenvalue weighted by Gasteiger charge is -2.29. The van der Waals surface area contributed by atoms with Gasteiger partial charge in [-0.15, -0.1) is 0 Å². The quantitative estimate of drug-likeness (QED) is 0.657. The molecule has 0 nitrogen and oxygen atoms in total. The Balaban J connectivity index is 1.71. The van der Waals surface area contributed by atoms with Gasteiger partial charge in [0.15, 0.2) is 0 Å². The zero-order valence-corrected chi connectivity index (χ0v) is 12.6. The normalized spacial score (nSPS) is 29.1. The van der Waals surface area contributed by atoms with Crippen LogP contribution in [0.3, 0.4) is 0 Å². The van der Waals surface area contributed by atoms with E-state index in [0.717, 1.165) is 11.8 Å². The summed E-state index contributed by atoms with van der Waals surface area (Å²) in [6.07, 6.45) is 5.93. The molecule has 0 saturated heterocycles. The Bertz CT molecular complexity index is 357. The first-order valence-corrected chi connectivity index (χ1v) is 9.44. The maximum atomic E-state index is 2.41. The first kappa shape index (κ1) is 12.9. The lowest BCUT2D eigenvalue weighted by Crippen LogP contribution is -2.19. The van der Waals surface area contributed by atoms with E-state index in [2.05, 4.69) is 47.8 Å². The number of thioether (sulfide) groups is 2. The van der Waals surface area contributed by atoms with E-state index in [4.69, 9.17) is 0 Å². The van der Waals surface area contributed by atoms with E-state index in [9.17, 15) is 0 Å². The molecule has 18 heavy (non-hydrogen) atoms. The summed E-state index contributed by atoms with van der Waals surface area (Å²) in [6.45, 7) is 0. The van der Waals surface area contributed by atoms with Gasteiger partial charge in [0, 0.05) is 11.5 Å². The molecule has 3 rings (SSSR count). The SMILES string of the molecule is c1cc2cc(c1)CSC[C@@H]1CCC[C@H](CSC2)C1. The molecule has 1 aliphatic carbocycles. The third kappa shape index (κ3) is 3.48. The molecule has 1 heterocycles. The van der Waals surface area contributed by atoms with E-state index in [1.165, 1.54) is 59.8 Å². The van der Waals surface area contributed by atoms with Crippen molar-refractivity contribution < 1.29 is 0 Å². The standard InChI is InChI=1S/C16H22S2/c1-3-13-7-14(4-1)10-18-12-16-6-2-5-15(8-16)11-17-9-13/h1,3-4,7,15-16H,2,5-6,8-12H2/t15-,16+. The molecule has 2 atom stereocenters. The molecular formula is C16H22S2. The molecule has 4 bridgehead atoms. The maximum absolute atomic E-state index is 2.41. The van der Waals surface area contributed by atoms with Crippen molar-refractivity contribution in [3.63, 3.8) is 0 Å². The average Bonchev–Trinajstić information content (AvgIpc) is 2.39. The minimum absolute atomic E-state index is 0.997. The van der Waals surface area contributed by atoms with E-state index in [-0.39, 0.29) is 0 Å². The van der Waals surface area contributed by atoms with Crippen LogP contribution in [0.15, 0.2) is 24.3 Å². The zero-order chi connectivity index (χ0) is 12.2. The summed E-state index contributed by atoms with van der Waals surface area (Å²) in [5, 5.41) is 0. The molecule has 0 radical (unpaired) electrons. The number of hydrogen-bond donors (Lipinski definition) is 0. The van der Waals surface area contributed by atoms with E-state index >= 15 is 0 Å². The molecule has 0 spiro atoms. The van der Waals surface area contributed by atoms with Gasteiger partial charge in [-0.1, -0.05) is 30.7 Å². The molecular weight excluding hydrogens is 256 g/mol. The van der Waals surface area contributed by atoms with Gasteiger partial charge in [-0.25, -0.2) is 0 Å². The van der Waals surface area contributed by atoms with Crippen molar-refractivity contribution >= 4 is 23.5 Å². The van der Waals surface area contributed by atoms with Gasteiger partial charge >= 0.3 is 0 Å². The highest BCUT2D eigenvalue weighted by atomic mass is 32.2. The van der Waals surface area contributed by atoms with E-state index in [0.29, 0.717) is 0 Å². The summed E-state index contributed by atoms with van der Waals surface area (Å²) >= 11 is 4.30. The van der Waals surface area contributed by atoms with Gasteiger partial charge in [0.05, 0.1) is 0 Å². The van der Waals surface area contributed by atoms with Crippen molar-refractivity contribution in [3.8, 4) is 0 Å². The highest BCUT2D eigenvalue weighted by Crippen LogP contribution is 2.35. The van der Waals surface area contributed by atoms with Crippen molar-refractivity contribution in [2.75, 3.05) is 11.5 Å². The summed E-state index contributed by atoms with van der Waals surface area (Å²) in [5.74, 6) is 7.17. The monoisotopic (exact) mass is 278 g/mol. The average molecular weight is 278 g/mol. The minimum Gasteiger partial charge on any atom is -0.157 e. The van der Waals surface area contributed by atoms with Crippen LogP contribution in [0, 0.1) is 11.8 Å². The third-order valence-corrected chi connectivity index (χ3v) is 6.62. The summed E-state index contributed by atoms with van der Waals surface area (Å²) in [4.78, 5) is 0. The van der Waals surface area contributed by atoms with Gasteiger partial charge in [-0.05, 0) is 53.7 Å². The molecule has 0 N–H and O–H groups in total. The molecule has 1 aliphatic heterocycles. The third-order valence-electron chi connectivity index (χ3n) is 4.13. The molecule has 0 aromatic heterocycles. The smallest absolute Gasteiger partial charge is 0.0184 e. The Morgan fingerprint density at radius 1 is 0.889 bits per heavy atom. The summed E-state index contributed by atoms with van der Waals surface area (Å²) in [7, 11) is 0. The van der Waals surface area contributed by atoms with Gasteiger partial charge < -0.3 is 0 Å². The summed E-state index contributed by atoms with van der Waals surface area (Å²) in [5.41, 5.74) is 3.04. The second-order valence-corrected chi connectivity index (χ2v) is 7.81. The number of hydrogen-bond acceptors (Lipinski definition) is 2. The lowest BCUT2D eigenvalue weighted by atomic mass is 9.83. The largest absolute Gasteiger partial charge is 0.157 e. The molecule has 2 aliphatic rings. The van der Waals surface area contributed by atoms with Crippen LogP contribution in [0.4, 0.5) is 0 Å². The topological polar surface area (TPSA) is 0 Å². The summed E-state index contributed by atoms with van der Waals surface area (Å²) < 4.78 is 0. The van der Waals surface area contributed by atoms with Gasteiger partial charge in [-0.3, -0.25) is 0 Å². The Morgan fingerprint density at radius 2 is 1.50 bits per heavy atom. The fourth-order valence-corrected chi connectivity index (χ4v) is 5.54. The molecule has 1 aromatic rings. The molecule has 0 unspecified atom stereocenters. The van der Waals surface area contributed by atoms with Crippen LogP contribution >= 0.6 is 23.5 Å². The van der Waals surface area contributed by atoms with Crippen molar-refractivity contribution in [1.29, 1.82) is 0 Å². The van der Waals surface area contributed by atoms with Crippen molar-refractivity contribution in [2.24, 2.45) is 11.8 Å². The lowest BCUT2D eigenvalue weighted by molar-refractivity contribution is 0.309.